The van der Waals surface area contributed by atoms with Gasteiger partial charge in [-0.15, -0.1) is 0 Å². The summed E-state index contributed by atoms with van der Waals surface area (Å²) in [4.78, 5) is 14.5. The third-order valence-electron chi connectivity index (χ3n) is 0.617. The van der Waals surface area contributed by atoms with Crippen LogP contribution in [0.3, 0.4) is 0 Å². The van der Waals surface area contributed by atoms with Crippen molar-refractivity contribution in [3.05, 3.63) is 0 Å². The summed E-state index contributed by atoms with van der Waals surface area (Å²) in [7, 11) is 0. The normalized spacial score (nSPS) is 18.0. The summed E-state index contributed by atoms with van der Waals surface area (Å²) in [6.45, 7) is 0.527. The van der Waals surface area contributed by atoms with E-state index in [1.807, 2.05) is 0 Å². The maximum Gasteiger partial charge on any atom is 1.00 e. The molecule has 0 radical (unpaired) electrons. The molecule has 0 unspecified atom stereocenters. The number of hydrogen-bond donors (Lipinski definition) is 1. The minimum absolute atomic E-state index is 0. The van der Waals surface area contributed by atoms with Crippen molar-refractivity contribution in [2.45, 2.75) is 6.42 Å². The van der Waals surface area contributed by atoms with Gasteiger partial charge in [-0.25, -0.2) is 5.48 Å². The molecule has 0 aliphatic carbocycles. The number of carbonyl (C=O) groups is 1. The fourth-order valence-corrected chi connectivity index (χ4v) is 0.326. The maximum atomic E-state index is 10.0. The second-order valence-corrected chi connectivity index (χ2v) is 1.12. The van der Waals surface area contributed by atoms with Gasteiger partial charge in [-0.05, 0) is 0 Å². The molecule has 7 heavy (non-hydrogen) atoms. The van der Waals surface area contributed by atoms with Crippen molar-refractivity contribution in [1.29, 1.82) is 0 Å². The van der Waals surface area contributed by atoms with Gasteiger partial charge in [-0.3, -0.25) is 9.63 Å². The van der Waals surface area contributed by atoms with E-state index in [0.717, 1.165) is 0 Å². The summed E-state index contributed by atoms with van der Waals surface area (Å²) in [5.41, 5.74) is 2.18. The smallest absolute Gasteiger partial charge is 0.273 e. The zero-order valence-corrected chi connectivity index (χ0v) is 6.23. The van der Waals surface area contributed by atoms with E-state index in [0.29, 0.717) is 13.0 Å². The quantitative estimate of drug-likeness (QED) is 0.328. The fraction of sp³-hybridized carbons (Fsp3) is 0.667. The third kappa shape index (κ3) is 2.29. The Morgan fingerprint density at radius 3 is 2.57 bits per heavy atom. The second kappa shape index (κ2) is 3.43. The van der Waals surface area contributed by atoms with Crippen LogP contribution in [0.4, 0.5) is 0 Å². The van der Waals surface area contributed by atoms with Crippen molar-refractivity contribution in [2.24, 2.45) is 0 Å². The van der Waals surface area contributed by atoms with Gasteiger partial charge in [-0.2, -0.15) is 0 Å². The zero-order valence-electron chi connectivity index (χ0n) is 4.23. The van der Waals surface area contributed by atoms with E-state index in [1.165, 1.54) is 0 Å². The zero-order chi connectivity index (χ0) is 4.41. The molecule has 1 aliphatic rings. The van der Waals surface area contributed by atoms with Gasteiger partial charge in [0, 0.05) is 0 Å². The molecule has 0 aromatic carbocycles. The molecule has 1 heterocycles. The van der Waals surface area contributed by atoms with Crippen molar-refractivity contribution in [2.75, 3.05) is 6.61 Å². The molecule has 3 nitrogen and oxygen atoms in total. The summed E-state index contributed by atoms with van der Waals surface area (Å²) < 4.78 is 0. The van der Waals surface area contributed by atoms with Crippen LogP contribution in [0, 0.1) is 0 Å². The first-order chi connectivity index (χ1) is 2.89. The van der Waals surface area contributed by atoms with E-state index in [-0.39, 0.29) is 35.5 Å². The Morgan fingerprint density at radius 1 is 1.71 bits per heavy atom. The number of hydrogen-bond acceptors (Lipinski definition) is 2. The SMILES string of the molecule is O=C1CCON1.[Na+]. The molecule has 4 heteroatoms. The molecule has 0 spiro atoms. The Hall–Kier alpha value is 0.430. The number of carbonyl (C=O) groups excluding carboxylic acids is 1. The summed E-state index contributed by atoms with van der Waals surface area (Å²) in [6.07, 6.45) is 0.514. The minimum Gasteiger partial charge on any atom is -0.273 e. The number of nitrogens with one attached hydrogen (secondary N) is 1. The molecule has 0 aromatic heterocycles. The van der Waals surface area contributed by atoms with Crippen LogP contribution in [0.15, 0.2) is 0 Å². The number of hydroxylamine groups is 1. The van der Waals surface area contributed by atoms with Crippen molar-refractivity contribution in [3.8, 4) is 0 Å². The maximum absolute atomic E-state index is 10.0. The Balaban J connectivity index is 0.000000360. The van der Waals surface area contributed by atoms with Crippen LogP contribution in [-0.2, 0) is 9.63 Å². The van der Waals surface area contributed by atoms with Crippen LogP contribution < -0.4 is 35.0 Å². The third-order valence-corrected chi connectivity index (χ3v) is 0.617. The predicted octanol–water partition coefficient (Wildman–Crippen LogP) is -3.56. The first kappa shape index (κ1) is 7.43. The molecule has 1 fully saturated rings. The Morgan fingerprint density at radius 2 is 2.43 bits per heavy atom. The van der Waals surface area contributed by atoms with Crippen LogP contribution >= 0.6 is 0 Å². The number of amides is 1. The summed E-state index contributed by atoms with van der Waals surface area (Å²) in [5, 5.41) is 0. The van der Waals surface area contributed by atoms with Gasteiger partial charge in [0.05, 0.1) is 13.0 Å². The van der Waals surface area contributed by atoms with Gasteiger partial charge in [0.1, 0.15) is 0 Å². The summed E-state index contributed by atoms with van der Waals surface area (Å²) in [5.74, 6) is -0.0185. The van der Waals surface area contributed by atoms with Gasteiger partial charge < -0.3 is 0 Å². The predicted molar refractivity (Wildman–Crippen MR) is 18.7 cm³/mol. The molecule has 1 rings (SSSR count). The van der Waals surface area contributed by atoms with Gasteiger partial charge >= 0.3 is 29.6 Å². The average molecular weight is 110 g/mol. The molecule has 1 amide bonds. The van der Waals surface area contributed by atoms with E-state index >= 15 is 0 Å². The van der Waals surface area contributed by atoms with Crippen molar-refractivity contribution in [3.63, 3.8) is 0 Å². The molecule has 0 aromatic rings. The standard InChI is InChI=1S/C3H5NO2.Na/c5-3-1-2-6-4-3;/h1-2H2,(H,4,5);/q;+1. The van der Waals surface area contributed by atoms with E-state index in [1.54, 1.807) is 0 Å². The second-order valence-electron chi connectivity index (χ2n) is 1.12. The summed E-state index contributed by atoms with van der Waals surface area (Å²) >= 11 is 0. The fourth-order valence-electron chi connectivity index (χ4n) is 0.326. The molecular formula is C3H5NNaO2+. The van der Waals surface area contributed by atoms with Crippen LogP contribution in [0.2, 0.25) is 0 Å². The molecular weight excluding hydrogens is 105 g/mol. The van der Waals surface area contributed by atoms with Crippen LogP contribution in [0.25, 0.3) is 0 Å². The molecule has 34 valence electrons. The molecule has 1 saturated heterocycles. The van der Waals surface area contributed by atoms with E-state index in [2.05, 4.69) is 10.3 Å². The van der Waals surface area contributed by atoms with Gasteiger partial charge in [0.25, 0.3) is 0 Å². The molecule has 1 aliphatic heterocycles. The van der Waals surface area contributed by atoms with Crippen molar-refractivity contribution in [1.82, 2.24) is 5.48 Å². The van der Waals surface area contributed by atoms with Crippen LogP contribution in [0.1, 0.15) is 6.42 Å². The molecule has 1 N–H and O–H groups in total. The largest absolute Gasteiger partial charge is 1.00 e. The Bertz CT molecular complexity index is 67.3. The van der Waals surface area contributed by atoms with Crippen molar-refractivity contribution < 1.29 is 39.2 Å². The van der Waals surface area contributed by atoms with E-state index in [9.17, 15) is 4.79 Å². The van der Waals surface area contributed by atoms with Crippen LogP contribution in [0.5, 0.6) is 0 Å². The monoisotopic (exact) mass is 110 g/mol. The van der Waals surface area contributed by atoms with Crippen molar-refractivity contribution >= 4 is 5.91 Å². The molecule has 0 atom stereocenters. The molecule has 0 bridgehead atoms. The Labute approximate surface area is 63.7 Å². The van der Waals surface area contributed by atoms with Gasteiger partial charge in [0.15, 0.2) is 0 Å². The van der Waals surface area contributed by atoms with Gasteiger partial charge in [0.2, 0.25) is 5.91 Å². The minimum atomic E-state index is -0.0185. The average Bonchev–Trinajstić information content (AvgIpc) is 1.86. The van der Waals surface area contributed by atoms with Crippen LogP contribution in [-0.4, -0.2) is 12.5 Å². The van der Waals surface area contributed by atoms with E-state index < -0.39 is 0 Å². The number of rotatable bonds is 0. The van der Waals surface area contributed by atoms with Gasteiger partial charge in [-0.1, -0.05) is 0 Å². The molecule has 0 saturated carbocycles. The Kier molecular flexibility index (Phi) is 3.65. The van der Waals surface area contributed by atoms with E-state index in [4.69, 9.17) is 0 Å². The first-order valence-corrected chi connectivity index (χ1v) is 1.80. The first-order valence-electron chi connectivity index (χ1n) is 1.80. The summed E-state index contributed by atoms with van der Waals surface area (Å²) in [6, 6.07) is 0. The topological polar surface area (TPSA) is 38.3 Å².